The highest BCUT2D eigenvalue weighted by Crippen LogP contribution is 2.29. The van der Waals surface area contributed by atoms with Crippen LogP contribution >= 0.6 is 0 Å². The van der Waals surface area contributed by atoms with Gasteiger partial charge in [-0.15, -0.1) is 0 Å². The zero-order valence-corrected chi connectivity index (χ0v) is 26.8. The van der Waals surface area contributed by atoms with E-state index in [0.717, 1.165) is 11.1 Å². The predicted molar refractivity (Wildman–Crippen MR) is 179 cm³/mol. The molecule has 12 heteroatoms. The molecule has 0 fully saturated rings. The number of nitrogens with zero attached hydrogens (tertiary/aromatic N) is 2. The van der Waals surface area contributed by atoms with Crippen LogP contribution in [0.5, 0.6) is 23.0 Å². The Balaban J connectivity index is 1.21. The molecule has 0 bridgehead atoms. The summed E-state index contributed by atoms with van der Waals surface area (Å²) in [5.41, 5.74) is 8.72. The molecular formula is C36H34N4O8. The van der Waals surface area contributed by atoms with E-state index in [0.29, 0.717) is 33.8 Å². The molecule has 0 spiro atoms. The lowest BCUT2D eigenvalue weighted by Crippen LogP contribution is -2.22. The fourth-order valence-corrected chi connectivity index (χ4v) is 4.09. The number of carbonyl (C=O) groups excluding carboxylic acids is 4. The van der Waals surface area contributed by atoms with Gasteiger partial charge in [0.15, 0.2) is 23.0 Å². The molecule has 0 saturated heterocycles. The Morgan fingerprint density at radius 3 is 1.29 bits per heavy atom. The number of esters is 2. The minimum Gasteiger partial charge on any atom is -0.493 e. The molecule has 0 unspecified atom stereocenters. The number of hydrogen-bond donors (Lipinski definition) is 2. The first kappa shape index (κ1) is 34.6. The van der Waals surface area contributed by atoms with Gasteiger partial charge in [0.05, 0.1) is 37.8 Å². The molecule has 2 N–H and O–H groups in total. The van der Waals surface area contributed by atoms with Gasteiger partial charge >= 0.3 is 11.9 Å². The van der Waals surface area contributed by atoms with Crippen LogP contribution in [-0.2, 0) is 9.59 Å². The Hall–Kier alpha value is -6.30. The lowest BCUT2D eigenvalue weighted by atomic mass is 10.1. The van der Waals surface area contributed by atoms with E-state index < -0.39 is 23.8 Å². The van der Waals surface area contributed by atoms with Crippen molar-refractivity contribution < 1.29 is 38.1 Å². The maximum atomic E-state index is 12.5. The number of amides is 2. The molecule has 246 valence electrons. The van der Waals surface area contributed by atoms with Crippen LogP contribution in [-0.4, -0.2) is 50.4 Å². The molecule has 0 aliphatic heterocycles. The predicted octanol–water partition coefficient (Wildman–Crippen LogP) is 5.14. The van der Waals surface area contributed by atoms with E-state index in [1.807, 2.05) is 38.1 Å². The maximum Gasteiger partial charge on any atom is 0.343 e. The molecule has 0 radical (unpaired) electrons. The van der Waals surface area contributed by atoms with Crippen LogP contribution in [0.4, 0.5) is 0 Å². The smallest absolute Gasteiger partial charge is 0.343 e. The number of aryl methyl sites for hydroxylation is 2. The first-order chi connectivity index (χ1) is 23.1. The average Bonchev–Trinajstić information content (AvgIpc) is 3.09. The zero-order valence-electron chi connectivity index (χ0n) is 26.8. The molecule has 0 aromatic heterocycles. The van der Waals surface area contributed by atoms with Gasteiger partial charge in [0.2, 0.25) is 11.8 Å². The molecule has 4 aromatic rings. The van der Waals surface area contributed by atoms with Gasteiger partial charge in [-0.3, -0.25) is 9.59 Å². The number of carbonyl (C=O) groups is 4. The van der Waals surface area contributed by atoms with Crippen molar-refractivity contribution in [2.24, 2.45) is 10.2 Å². The van der Waals surface area contributed by atoms with Gasteiger partial charge in [0.25, 0.3) is 0 Å². The van der Waals surface area contributed by atoms with E-state index in [2.05, 4.69) is 21.1 Å². The van der Waals surface area contributed by atoms with Gasteiger partial charge in [-0.1, -0.05) is 35.4 Å². The first-order valence-corrected chi connectivity index (χ1v) is 14.7. The molecule has 0 aliphatic rings. The topological polar surface area (TPSA) is 154 Å². The lowest BCUT2D eigenvalue weighted by Gasteiger charge is -2.10. The summed E-state index contributed by atoms with van der Waals surface area (Å²) >= 11 is 0. The van der Waals surface area contributed by atoms with Gasteiger partial charge in [-0.25, -0.2) is 20.4 Å². The van der Waals surface area contributed by atoms with Crippen LogP contribution < -0.4 is 29.8 Å². The molecule has 2 amide bonds. The van der Waals surface area contributed by atoms with Crippen LogP contribution in [0.3, 0.4) is 0 Å². The Labute approximate surface area is 277 Å². The van der Waals surface area contributed by atoms with Gasteiger partial charge in [0.1, 0.15) is 0 Å². The van der Waals surface area contributed by atoms with Crippen LogP contribution in [0.15, 0.2) is 95.1 Å². The van der Waals surface area contributed by atoms with E-state index in [9.17, 15) is 19.2 Å². The molecule has 12 nitrogen and oxygen atoms in total. The molecule has 4 rings (SSSR count). The summed E-state index contributed by atoms with van der Waals surface area (Å²) in [7, 11) is 2.88. The highest BCUT2D eigenvalue weighted by Gasteiger charge is 2.14. The fourth-order valence-electron chi connectivity index (χ4n) is 4.09. The molecule has 0 saturated carbocycles. The van der Waals surface area contributed by atoms with Gasteiger partial charge in [-0.2, -0.15) is 10.2 Å². The van der Waals surface area contributed by atoms with Crippen LogP contribution in [0.25, 0.3) is 0 Å². The first-order valence-electron chi connectivity index (χ1n) is 14.7. The van der Waals surface area contributed by atoms with E-state index in [-0.39, 0.29) is 24.3 Å². The van der Waals surface area contributed by atoms with Crippen molar-refractivity contribution >= 4 is 36.2 Å². The Bertz CT molecular complexity index is 1700. The molecular weight excluding hydrogens is 616 g/mol. The molecule has 0 atom stereocenters. The molecule has 48 heavy (non-hydrogen) atoms. The minimum absolute atomic E-state index is 0.134. The fraction of sp³-hybridized carbons (Fsp3) is 0.167. The van der Waals surface area contributed by atoms with Gasteiger partial charge in [0, 0.05) is 12.8 Å². The number of nitrogens with one attached hydrogen (secondary N) is 2. The lowest BCUT2D eigenvalue weighted by molar-refractivity contribution is -0.126. The minimum atomic E-state index is -0.523. The third-order valence-electron chi connectivity index (χ3n) is 6.74. The largest absolute Gasteiger partial charge is 0.493 e. The standard InChI is InChI=1S/C36H34N4O8/c1-23-5-11-27(12-6-23)35(43)47-29-15-9-25(19-31(29)45-3)21-37-39-33(41)17-18-34(42)40-38-22-26-10-16-30(32(20-26)46-4)48-36(44)28-13-7-24(2)8-14-28/h5-16,19-22H,17-18H2,1-4H3,(H,39,41)(H,40,42). The Morgan fingerprint density at radius 1 is 0.562 bits per heavy atom. The van der Waals surface area contributed by atoms with E-state index in [1.54, 1.807) is 60.7 Å². The van der Waals surface area contributed by atoms with E-state index in [1.165, 1.54) is 26.6 Å². The van der Waals surface area contributed by atoms with Crippen molar-refractivity contribution in [3.8, 4) is 23.0 Å². The Kier molecular flexibility index (Phi) is 12.1. The van der Waals surface area contributed by atoms with Crippen LogP contribution in [0, 0.1) is 13.8 Å². The second-order valence-corrected chi connectivity index (χ2v) is 10.4. The summed E-state index contributed by atoms with van der Waals surface area (Å²) in [5, 5.41) is 7.83. The number of ether oxygens (including phenoxy) is 4. The third-order valence-corrected chi connectivity index (χ3v) is 6.74. The number of methoxy groups -OCH3 is 2. The summed E-state index contributed by atoms with van der Waals surface area (Å²) in [5.74, 6) is -0.947. The maximum absolute atomic E-state index is 12.5. The van der Waals surface area contributed by atoms with Crippen LogP contribution in [0.2, 0.25) is 0 Å². The van der Waals surface area contributed by atoms with Crippen molar-refractivity contribution in [2.75, 3.05) is 14.2 Å². The summed E-state index contributed by atoms with van der Waals surface area (Å²) < 4.78 is 21.6. The SMILES string of the molecule is COc1cc(C=NNC(=O)CCC(=O)NN=Cc2ccc(OC(=O)c3ccc(C)cc3)c(OC)c2)ccc1OC(=O)c1ccc(C)cc1. The van der Waals surface area contributed by atoms with Gasteiger partial charge in [-0.05, 0) is 85.6 Å². The normalized spacial score (nSPS) is 10.8. The second kappa shape index (κ2) is 16.9. The quantitative estimate of drug-likeness (QED) is 0.0873. The molecule has 0 aliphatic carbocycles. The number of rotatable bonds is 13. The summed E-state index contributed by atoms with van der Waals surface area (Å²) in [6, 6.07) is 23.6. The molecule has 4 aromatic carbocycles. The summed E-state index contributed by atoms with van der Waals surface area (Å²) in [4.78, 5) is 49.3. The van der Waals surface area contributed by atoms with Crippen molar-refractivity contribution in [1.82, 2.24) is 10.9 Å². The second-order valence-electron chi connectivity index (χ2n) is 10.4. The molecule has 0 heterocycles. The van der Waals surface area contributed by atoms with Gasteiger partial charge < -0.3 is 18.9 Å². The highest BCUT2D eigenvalue weighted by molar-refractivity contribution is 5.93. The van der Waals surface area contributed by atoms with E-state index >= 15 is 0 Å². The van der Waals surface area contributed by atoms with Crippen molar-refractivity contribution in [2.45, 2.75) is 26.7 Å². The number of benzene rings is 4. The third kappa shape index (κ3) is 10.1. The van der Waals surface area contributed by atoms with Crippen molar-refractivity contribution in [3.63, 3.8) is 0 Å². The van der Waals surface area contributed by atoms with Crippen molar-refractivity contribution in [1.29, 1.82) is 0 Å². The van der Waals surface area contributed by atoms with Crippen molar-refractivity contribution in [3.05, 3.63) is 118 Å². The zero-order chi connectivity index (χ0) is 34.5. The Morgan fingerprint density at radius 2 is 0.938 bits per heavy atom. The monoisotopic (exact) mass is 650 g/mol. The summed E-state index contributed by atoms with van der Waals surface area (Å²) in [6.07, 6.45) is 2.51. The number of hydrogen-bond acceptors (Lipinski definition) is 10. The highest BCUT2D eigenvalue weighted by atomic mass is 16.6. The summed E-state index contributed by atoms with van der Waals surface area (Å²) in [6.45, 7) is 3.85. The van der Waals surface area contributed by atoms with Crippen LogP contribution in [0.1, 0.15) is 55.8 Å². The number of hydrazone groups is 2. The van der Waals surface area contributed by atoms with E-state index in [4.69, 9.17) is 18.9 Å². The average molecular weight is 651 g/mol.